The zero-order valence-corrected chi connectivity index (χ0v) is 15.5. The summed E-state index contributed by atoms with van der Waals surface area (Å²) in [4.78, 5) is 27.3. The molecule has 0 bridgehead atoms. The molecule has 2 N–H and O–H groups in total. The minimum absolute atomic E-state index is 0.0481. The Hall–Kier alpha value is -1.92. The molecule has 0 saturated carbocycles. The number of nitrogens with one attached hydrogen (secondary N) is 2. The number of benzene rings is 1. The monoisotopic (exact) mass is 359 g/mol. The average molecular weight is 359 g/mol. The van der Waals surface area contributed by atoms with Gasteiger partial charge >= 0.3 is 0 Å². The lowest BCUT2D eigenvalue weighted by molar-refractivity contribution is -0.124. The number of rotatable bonds is 6. The van der Waals surface area contributed by atoms with Crippen LogP contribution in [0.1, 0.15) is 49.4 Å². The Morgan fingerprint density at radius 1 is 1.27 bits per heavy atom. The van der Waals surface area contributed by atoms with E-state index in [1.165, 1.54) is 0 Å². The number of carbonyl (C=O) groups excluding carboxylic acids is 2. The highest BCUT2D eigenvalue weighted by atomic mass is 16.5. The zero-order valence-electron chi connectivity index (χ0n) is 15.5. The maximum atomic E-state index is 13.1. The van der Waals surface area contributed by atoms with E-state index >= 15 is 0 Å². The van der Waals surface area contributed by atoms with Crippen molar-refractivity contribution in [1.82, 2.24) is 10.2 Å². The van der Waals surface area contributed by atoms with E-state index in [1.807, 2.05) is 23.1 Å². The number of ether oxygens (including phenoxy) is 1. The Balaban J connectivity index is 1.70. The smallest absolute Gasteiger partial charge is 0.254 e. The lowest BCUT2D eigenvalue weighted by atomic mass is 10.0. The van der Waals surface area contributed by atoms with Gasteiger partial charge in [0.05, 0.1) is 0 Å². The molecule has 2 heterocycles. The molecule has 0 spiro atoms. The minimum Gasteiger partial charge on any atom is -0.368 e. The standard InChI is InChI=1S/C20H29N3O3/c1-2-12-23(17-8-10-21-11-9-17)20(25)15-5-3-6-16(14-15)22-19(24)18-7-4-13-26-18/h3,5-6,14,17-18,21H,2,4,7-13H2,1H3,(H,22,24). The van der Waals surface area contributed by atoms with Crippen LogP contribution < -0.4 is 10.6 Å². The van der Waals surface area contributed by atoms with Gasteiger partial charge in [0.25, 0.3) is 11.8 Å². The van der Waals surface area contributed by atoms with Crippen LogP contribution in [0.4, 0.5) is 5.69 Å². The van der Waals surface area contributed by atoms with Crippen molar-refractivity contribution in [2.75, 3.05) is 31.6 Å². The van der Waals surface area contributed by atoms with Gasteiger partial charge in [0.2, 0.25) is 0 Å². The van der Waals surface area contributed by atoms with Crippen LogP contribution in [-0.4, -0.2) is 55.1 Å². The summed E-state index contributed by atoms with van der Waals surface area (Å²) in [6, 6.07) is 7.53. The summed E-state index contributed by atoms with van der Waals surface area (Å²) in [7, 11) is 0. The Labute approximate surface area is 155 Å². The summed E-state index contributed by atoms with van der Waals surface area (Å²) in [5.41, 5.74) is 1.28. The molecule has 0 radical (unpaired) electrons. The number of piperidine rings is 1. The van der Waals surface area contributed by atoms with Crippen LogP contribution in [-0.2, 0) is 9.53 Å². The first kappa shape index (κ1) is 18.9. The van der Waals surface area contributed by atoms with Crippen molar-refractivity contribution in [3.8, 4) is 0 Å². The molecule has 0 aliphatic carbocycles. The lowest BCUT2D eigenvalue weighted by Gasteiger charge is -2.34. The van der Waals surface area contributed by atoms with Crippen molar-refractivity contribution in [1.29, 1.82) is 0 Å². The number of anilines is 1. The normalized spacial score (nSPS) is 20.7. The average Bonchev–Trinajstić information content (AvgIpc) is 3.21. The molecular formula is C20H29N3O3. The van der Waals surface area contributed by atoms with Gasteiger partial charge in [-0.2, -0.15) is 0 Å². The van der Waals surface area contributed by atoms with Gasteiger partial charge in [-0.3, -0.25) is 9.59 Å². The highest BCUT2D eigenvalue weighted by Crippen LogP contribution is 2.20. The van der Waals surface area contributed by atoms with E-state index in [4.69, 9.17) is 4.74 Å². The molecule has 6 heteroatoms. The molecular weight excluding hydrogens is 330 g/mol. The molecule has 26 heavy (non-hydrogen) atoms. The van der Waals surface area contributed by atoms with Crippen LogP contribution in [0.25, 0.3) is 0 Å². The quantitative estimate of drug-likeness (QED) is 0.818. The Morgan fingerprint density at radius 2 is 2.08 bits per heavy atom. The Morgan fingerprint density at radius 3 is 2.77 bits per heavy atom. The van der Waals surface area contributed by atoms with E-state index in [9.17, 15) is 9.59 Å². The van der Waals surface area contributed by atoms with Crippen molar-refractivity contribution in [2.45, 2.75) is 51.2 Å². The minimum atomic E-state index is -0.374. The third kappa shape index (κ3) is 4.62. The first-order valence-corrected chi connectivity index (χ1v) is 9.73. The third-order valence-corrected chi connectivity index (χ3v) is 5.07. The molecule has 142 valence electrons. The summed E-state index contributed by atoms with van der Waals surface area (Å²) in [6.45, 7) is 5.40. The van der Waals surface area contributed by atoms with E-state index < -0.39 is 0 Å². The van der Waals surface area contributed by atoms with Crippen LogP contribution in [0.3, 0.4) is 0 Å². The molecule has 1 unspecified atom stereocenters. The van der Waals surface area contributed by atoms with Gasteiger partial charge in [0, 0.05) is 30.4 Å². The first-order valence-electron chi connectivity index (χ1n) is 9.73. The van der Waals surface area contributed by atoms with Gasteiger partial charge in [0.1, 0.15) is 6.10 Å². The zero-order chi connectivity index (χ0) is 18.4. The molecule has 2 amide bonds. The van der Waals surface area contributed by atoms with Crippen LogP contribution in [0.15, 0.2) is 24.3 Å². The highest BCUT2D eigenvalue weighted by Gasteiger charge is 2.26. The fourth-order valence-corrected chi connectivity index (χ4v) is 3.71. The van der Waals surface area contributed by atoms with Crippen LogP contribution >= 0.6 is 0 Å². The van der Waals surface area contributed by atoms with Gasteiger partial charge in [-0.15, -0.1) is 0 Å². The van der Waals surface area contributed by atoms with Crippen molar-refractivity contribution in [3.05, 3.63) is 29.8 Å². The van der Waals surface area contributed by atoms with E-state index in [0.29, 0.717) is 17.9 Å². The highest BCUT2D eigenvalue weighted by molar-refractivity contribution is 5.98. The lowest BCUT2D eigenvalue weighted by Crippen LogP contribution is -2.46. The molecule has 1 aromatic carbocycles. The number of amides is 2. The molecule has 3 rings (SSSR count). The maximum Gasteiger partial charge on any atom is 0.254 e. The SMILES string of the molecule is CCCN(C(=O)c1cccc(NC(=O)C2CCCO2)c1)C1CCNCC1. The van der Waals surface area contributed by atoms with Gasteiger partial charge < -0.3 is 20.3 Å². The number of carbonyl (C=O) groups is 2. The van der Waals surface area contributed by atoms with Gasteiger partial charge in [-0.25, -0.2) is 0 Å². The maximum absolute atomic E-state index is 13.1. The Kier molecular flexibility index (Phi) is 6.63. The van der Waals surface area contributed by atoms with Crippen molar-refractivity contribution >= 4 is 17.5 Å². The molecule has 2 fully saturated rings. The second kappa shape index (κ2) is 9.14. The van der Waals surface area contributed by atoms with E-state index in [-0.39, 0.29) is 24.0 Å². The first-order chi connectivity index (χ1) is 12.7. The van der Waals surface area contributed by atoms with Crippen molar-refractivity contribution < 1.29 is 14.3 Å². The molecule has 0 aromatic heterocycles. The number of hydrogen-bond acceptors (Lipinski definition) is 4. The Bertz CT molecular complexity index is 622. The largest absolute Gasteiger partial charge is 0.368 e. The third-order valence-electron chi connectivity index (χ3n) is 5.07. The number of hydrogen-bond donors (Lipinski definition) is 2. The predicted octanol–water partition coefficient (Wildman–Crippen LogP) is 2.41. The van der Waals surface area contributed by atoms with Crippen molar-refractivity contribution in [3.63, 3.8) is 0 Å². The fraction of sp³-hybridized carbons (Fsp3) is 0.600. The summed E-state index contributed by atoms with van der Waals surface area (Å²) < 4.78 is 5.42. The van der Waals surface area contributed by atoms with Crippen molar-refractivity contribution in [2.24, 2.45) is 0 Å². The molecule has 1 aromatic rings. The van der Waals surface area contributed by atoms with Crippen LogP contribution in [0.2, 0.25) is 0 Å². The topological polar surface area (TPSA) is 70.7 Å². The second-order valence-corrected chi connectivity index (χ2v) is 7.05. The summed E-state index contributed by atoms with van der Waals surface area (Å²) >= 11 is 0. The van der Waals surface area contributed by atoms with Crippen LogP contribution in [0.5, 0.6) is 0 Å². The second-order valence-electron chi connectivity index (χ2n) is 7.05. The van der Waals surface area contributed by atoms with Gasteiger partial charge in [-0.05, 0) is 63.4 Å². The van der Waals surface area contributed by atoms with Gasteiger partial charge in [0.15, 0.2) is 0 Å². The molecule has 6 nitrogen and oxygen atoms in total. The summed E-state index contributed by atoms with van der Waals surface area (Å²) in [6.07, 6.45) is 4.21. The summed E-state index contributed by atoms with van der Waals surface area (Å²) in [5, 5.41) is 6.24. The predicted molar refractivity (Wildman–Crippen MR) is 101 cm³/mol. The van der Waals surface area contributed by atoms with E-state index in [1.54, 1.807) is 6.07 Å². The van der Waals surface area contributed by atoms with E-state index in [2.05, 4.69) is 17.6 Å². The molecule has 2 aliphatic heterocycles. The van der Waals surface area contributed by atoms with E-state index in [0.717, 1.165) is 51.7 Å². The fourth-order valence-electron chi connectivity index (χ4n) is 3.71. The molecule has 1 atom stereocenters. The van der Waals surface area contributed by atoms with Gasteiger partial charge in [-0.1, -0.05) is 13.0 Å². The van der Waals surface area contributed by atoms with Crippen LogP contribution in [0, 0.1) is 0 Å². The molecule has 2 aliphatic rings. The summed E-state index contributed by atoms with van der Waals surface area (Å²) in [5.74, 6) is -0.0807. The number of nitrogens with zero attached hydrogens (tertiary/aromatic N) is 1. The molecule has 2 saturated heterocycles.